The van der Waals surface area contributed by atoms with E-state index in [0.717, 1.165) is 5.56 Å². The van der Waals surface area contributed by atoms with Gasteiger partial charge in [-0.3, -0.25) is 0 Å². The minimum Gasteiger partial charge on any atom is -0.398 e. The van der Waals surface area contributed by atoms with Crippen molar-refractivity contribution in [1.29, 1.82) is 0 Å². The maximum Gasteiger partial charge on any atom is 0.184 e. The van der Waals surface area contributed by atoms with Crippen molar-refractivity contribution < 1.29 is 8.42 Å². The van der Waals surface area contributed by atoms with Crippen LogP contribution in [0.5, 0.6) is 0 Å². The number of nitrogens with zero attached hydrogens (tertiary/aromatic N) is 4. The number of nitrogen functional groups attached to an aromatic ring is 1. The largest absolute Gasteiger partial charge is 0.398 e. The van der Waals surface area contributed by atoms with E-state index in [1.54, 1.807) is 10.7 Å². The Hall–Kier alpha value is -1.96. The van der Waals surface area contributed by atoms with Gasteiger partial charge >= 0.3 is 0 Å². The second-order valence-electron chi connectivity index (χ2n) is 4.92. The molecule has 2 heterocycles. The maximum absolute atomic E-state index is 11.5. The molecule has 20 heavy (non-hydrogen) atoms. The second kappa shape index (κ2) is 4.86. The Morgan fingerprint density at radius 2 is 1.90 bits per heavy atom. The molecule has 0 radical (unpaired) electrons. The molecule has 2 aromatic rings. The molecule has 3 rings (SSSR count). The fourth-order valence-electron chi connectivity index (χ4n) is 2.44. The summed E-state index contributed by atoms with van der Waals surface area (Å²) in [7, 11) is -2.90. The highest BCUT2D eigenvalue weighted by Gasteiger charge is 2.27. The molecule has 1 saturated heterocycles. The number of rotatable bonds is 2. The molecule has 1 fully saturated rings. The predicted molar refractivity (Wildman–Crippen MR) is 74.6 cm³/mol. The van der Waals surface area contributed by atoms with Crippen molar-refractivity contribution in [2.24, 2.45) is 0 Å². The van der Waals surface area contributed by atoms with E-state index in [0.29, 0.717) is 24.4 Å². The molecule has 106 valence electrons. The normalized spacial score (nSPS) is 19.0. The van der Waals surface area contributed by atoms with Crippen LogP contribution in [0, 0.1) is 0 Å². The number of benzene rings is 1. The van der Waals surface area contributed by atoms with Gasteiger partial charge in [0, 0.05) is 11.3 Å². The third-order valence-corrected chi connectivity index (χ3v) is 5.28. The van der Waals surface area contributed by atoms with Gasteiger partial charge in [0.2, 0.25) is 0 Å². The van der Waals surface area contributed by atoms with Crippen molar-refractivity contribution in [2.75, 3.05) is 17.2 Å². The molecule has 1 aromatic carbocycles. The zero-order valence-corrected chi connectivity index (χ0v) is 11.6. The maximum atomic E-state index is 11.5. The number of hydrogen-bond acceptors (Lipinski definition) is 6. The minimum atomic E-state index is -2.90. The van der Waals surface area contributed by atoms with Crippen molar-refractivity contribution in [1.82, 2.24) is 20.2 Å². The highest BCUT2D eigenvalue weighted by Crippen LogP contribution is 2.29. The Bertz CT molecular complexity index is 711. The Balaban J connectivity index is 1.94. The Labute approximate surface area is 116 Å². The van der Waals surface area contributed by atoms with Crippen LogP contribution in [0.15, 0.2) is 24.3 Å². The van der Waals surface area contributed by atoms with Gasteiger partial charge in [-0.15, -0.1) is 5.10 Å². The average molecular weight is 293 g/mol. The summed E-state index contributed by atoms with van der Waals surface area (Å²) in [6, 6.07) is 7.37. The van der Waals surface area contributed by atoms with E-state index in [4.69, 9.17) is 5.73 Å². The zero-order valence-electron chi connectivity index (χ0n) is 10.8. The Kier molecular flexibility index (Phi) is 3.17. The molecule has 8 heteroatoms. The quantitative estimate of drug-likeness (QED) is 0.816. The lowest BCUT2D eigenvalue weighted by Gasteiger charge is -2.22. The van der Waals surface area contributed by atoms with Gasteiger partial charge in [-0.1, -0.05) is 12.1 Å². The summed E-state index contributed by atoms with van der Waals surface area (Å²) < 4.78 is 24.7. The summed E-state index contributed by atoms with van der Waals surface area (Å²) in [5.41, 5.74) is 7.32. The first kappa shape index (κ1) is 13.0. The van der Waals surface area contributed by atoms with Gasteiger partial charge in [0.05, 0.1) is 17.5 Å². The Morgan fingerprint density at radius 1 is 1.20 bits per heavy atom. The molecule has 0 unspecified atom stereocenters. The van der Waals surface area contributed by atoms with Crippen molar-refractivity contribution in [3.8, 4) is 11.4 Å². The van der Waals surface area contributed by atoms with E-state index in [-0.39, 0.29) is 17.5 Å². The van der Waals surface area contributed by atoms with E-state index < -0.39 is 9.84 Å². The van der Waals surface area contributed by atoms with Crippen LogP contribution in [0.3, 0.4) is 0 Å². The topological polar surface area (TPSA) is 104 Å². The molecule has 0 atom stereocenters. The number of nitrogens with two attached hydrogens (primary N) is 1. The molecule has 1 aromatic heterocycles. The van der Waals surface area contributed by atoms with Gasteiger partial charge in [-0.25, -0.2) is 13.1 Å². The third kappa shape index (κ3) is 2.38. The smallest absolute Gasteiger partial charge is 0.184 e. The summed E-state index contributed by atoms with van der Waals surface area (Å²) in [5.74, 6) is 0.954. The van der Waals surface area contributed by atoms with Gasteiger partial charge in [-0.2, -0.15) is 0 Å². The lowest BCUT2D eigenvalue weighted by molar-refractivity contribution is 0.408. The standard InChI is InChI=1S/C12H15N5O2S/c13-11-4-2-1-3-10(11)12-14-15-16-17(12)9-5-7-20(18,19)8-6-9/h1-4,9H,5-8,13H2. The van der Waals surface area contributed by atoms with Gasteiger partial charge in [0.25, 0.3) is 0 Å². The molecule has 0 bridgehead atoms. The molecule has 2 N–H and O–H groups in total. The van der Waals surface area contributed by atoms with E-state index in [9.17, 15) is 8.42 Å². The van der Waals surface area contributed by atoms with Crippen LogP contribution in [0.4, 0.5) is 5.69 Å². The zero-order chi connectivity index (χ0) is 14.2. The molecule has 1 aliphatic heterocycles. The first-order valence-corrected chi connectivity index (χ1v) is 8.22. The van der Waals surface area contributed by atoms with Crippen LogP contribution in [-0.4, -0.2) is 40.1 Å². The molecule has 7 nitrogen and oxygen atoms in total. The second-order valence-corrected chi connectivity index (χ2v) is 7.22. The molecule has 0 saturated carbocycles. The van der Waals surface area contributed by atoms with Gasteiger partial charge < -0.3 is 5.73 Å². The number of aromatic nitrogens is 4. The van der Waals surface area contributed by atoms with E-state index in [2.05, 4.69) is 15.5 Å². The summed E-state index contributed by atoms with van der Waals surface area (Å²) in [4.78, 5) is 0. The summed E-state index contributed by atoms with van der Waals surface area (Å²) >= 11 is 0. The van der Waals surface area contributed by atoms with Crippen molar-refractivity contribution in [3.05, 3.63) is 24.3 Å². The fraction of sp³-hybridized carbons (Fsp3) is 0.417. The molecule has 1 aliphatic rings. The van der Waals surface area contributed by atoms with Crippen LogP contribution >= 0.6 is 0 Å². The number of hydrogen-bond donors (Lipinski definition) is 1. The lowest BCUT2D eigenvalue weighted by Crippen LogP contribution is -2.26. The summed E-state index contributed by atoms with van der Waals surface area (Å²) in [6.07, 6.45) is 1.07. The van der Waals surface area contributed by atoms with Crippen LogP contribution < -0.4 is 5.73 Å². The van der Waals surface area contributed by atoms with Crippen LogP contribution in [0.25, 0.3) is 11.4 Å². The molecule has 0 aliphatic carbocycles. The summed E-state index contributed by atoms with van der Waals surface area (Å²) in [5, 5.41) is 11.8. The van der Waals surface area contributed by atoms with Crippen LogP contribution in [-0.2, 0) is 9.84 Å². The molecular formula is C12H15N5O2S. The average Bonchev–Trinajstić information content (AvgIpc) is 2.88. The predicted octanol–water partition coefficient (Wildman–Crippen LogP) is 0.672. The highest BCUT2D eigenvalue weighted by atomic mass is 32.2. The monoisotopic (exact) mass is 293 g/mol. The number of anilines is 1. The number of para-hydroxylation sites is 1. The third-order valence-electron chi connectivity index (χ3n) is 3.56. The van der Waals surface area contributed by atoms with E-state index >= 15 is 0 Å². The molecule has 0 spiro atoms. The minimum absolute atomic E-state index is 0.00290. The molecular weight excluding hydrogens is 278 g/mol. The van der Waals surface area contributed by atoms with Crippen molar-refractivity contribution in [2.45, 2.75) is 18.9 Å². The van der Waals surface area contributed by atoms with Crippen molar-refractivity contribution >= 4 is 15.5 Å². The highest BCUT2D eigenvalue weighted by molar-refractivity contribution is 7.91. The van der Waals surface area contributed by atoms with Crippen molar-refractivity contribution in [3.63, 3.8) is 0 Å². The fourth-order valence-corrected chi connectivity index (χ4v) is 3.91. The van der Waals surface area contributed by atoms with Crippen LogP contribution in [0.2, 0.25) is 0 Å². The first-order valence-electron chi connectivity index (χ1n) is 6.40. The van der Waals surface area contributed by atoms with E-state index in [1.807, 2.05) is 18.2 Å². The van der Waals surface area contributed by atoms with E-state index in [1.165, 1.54) is 0 Å². The lowest BCUT2D eigenvalue weighted by atomic mass is 10.1. The SMILES string of the molecule is Nc1ccccc1-c1nnnn1C1CCS(=O)(=O)CC1. The molecule has 0 amide bonds. The number of tetrazole rings is 1. The van der Waals surface area contributed by atoms with Gasteiger partial charge in [0.1, 0.15) is 9.84 Å². The van der Waals surface area contributed by atoms with Crippen LogP contribution in [0.1, 0.15) is 18.9 Å². The van der Waals surface area contributed by atoms with Gasteiger partial charge in [-0.05, 0) is 35.4 Å². The first-order chi connectivity index (χ1) is 9.57. The Morgan fingerprint density at radius 3 is 2.60 bits per heavy atom. The number of sulfone groups is 1. The van der Waals surface area contributed by atoms with Gasteiger partial charge in [0.15, 0.2) is 5.82 Å². The summed E-state index contributed by atoms with van der Waals surface area (Å²) in [6.45, 7) is 0.